The van der Waals surface area contributed by atoms with Gasteiger partial charge in [0, 0.05) is 12.1 Å². The lowest BCUT2D eigenvalue weighted by atomic mass is 10.1. The fourth-order valence-corrected chi connectivity index (χ4v) is 2.02. The lowest BCUT2D eigenvalue weighted by molar-refractivity contribution is 0.0946. The zero-order valence-electron chi connectivity index (χ0n) is 10.6. The smallest absolute Gasteiger partial charge is 0.255 e. The number of amides is 1. The minimum Gasteiger partial charge on any atom is -0.454 e. The number of carbonyl (C=O) groups excluding carboxylic acids is 1. The van der Waals surface area contributed by atoms with Gasteiger partial charge in [-0.3, -0.25) is 4.79 Å². The van der Waals surface area contributed by atoms with Gasteiger partial charge < -0.3 is 14.8 Å². The van der Waals surface area contributed by atoms with Crippen molar-refractivity contribution in [1.29, 1.82) is 0 Å². The van der Waals surface area contributed by atoms with Crippen molar-refractivity contribution in [2.75, 3.05) is 6.79 Å². The summed E-state index contributed by atoms with van der Waals surface area (Å²) in [6.45, 7) is 0.225. The van der Waals surface area contributed by atoms with Crippen LogP contribution in [0.3, 0.4) is 0 Å². The third kappa shape index (κ3) is 2.30. The summed E-state index contributed by atoms with van der Waals surface area (Å²) < 4.78 is 23.9. The largest absolute Gasteiger partial charge is 0.454 e. The van der Waals surface area contributed by atoms with Gasteiger partial charge in [0.15, 0.2) is 11.5 Å². The second-order valence-electron chi connectivity index (χ2n) is 4.31. The van der Waals surface area contributed by atoms with E-state index in [4.69, 9.17) is 9.47 Å². The van der Waals surface area contributed by atoms with Crippen LogP contribution in [0.25, 0.3) is 0 Å². The van der Waals surface area contributed by atoms with E-state index in [0.717, 1.165) is 0 Å². The topological polar surface area (TPSA) is 47.6 Å². The Balaban J connectivity index is 1.75. The summed E-state index contributed by atoms with van der Waals surface area (Å²) in [5, 5.41) is 2.67. The van der Waals surface area contributed by atoms with E-state index in [0.29, 0.717) is 22.6 Å². The van der Waals surface area contributed by atoms with E-state index in [-0.39, 0.29) is 25.1 Å². The molecule has 1 heterocycles. The van der Waals surface area contributed by atoms with Crippen LogP contribution in [0.2, 0.25) is 0 Å². The van der Waals surface area contributed by atoms with Gasteiger partial charge in [-0.05, 0) is 18.2 Å². The van der Waals surface area contributed by atoms with Crippen molar-refractivity contribution in [3.63, 3.8) is 0 Å². The van der Waals surface area contributed by atoms with Crippen LogP contribution in [0.15, 0.2) is 42.5 Å². The first-order chi connectivity index (χ1) is 9.75. The highest BCUT2D eigenvalue weighted by Gasteiger charge is 2.21. The van der Waals surface area contributed by atoms with Crippen molar-refractivity contribution in [1.82, 2.24) is 5.32 Å². The molecule has 1 aliphatic rings. The molecule has 0 atom stereocenters. The van der Waals surface area contributed by atoms with Crippen LogP contribution in [-0.2, 0) is 6.54 Å². The summed E-state index contributed by atoms with van der Waals surface area (Å²) in [5.41, 5.74) is 0.821. The van der Waals surface area contributed by atoms with E-state index in [9.17, 15) is 9.18 Å². The molecular formula is C15H12FNO3. The molecule has 0 aliphatic carbocycles. The Hall–Kier alpha value is -2.56. The molecule has 0 saturated heterocycles. The van der Waals surface area contributed by atoms with Crippen molar-refractivity contribution < 1.29 is 18.7 Å². The van der Waals surface area contributed by atoms with E-state index in [2.05, 4.69) is 5.32 Å². The van der Waals surface area contributed by atoms with E-state index in [1.54, 1.807) is 36.4 Å². The number of benzene rings is 2. The summed E-state index contributed by atoms with van der Waals surface area (Å²) in [6.07, 6.45) is 0. The monoisotopic (exact) mass is 273 g/mol. The second kappa shape index (κ2) is 5.21. The van der Waals surface area contributed by atoms with Gasteiger partial charge in [0.25, 0.3) is 5.91 Å². The molecule has 0 spiro atoms. The van der Waals surface area contributed by atoms with Gasteiger partial charge in [-0.1, -0.05) is 24.3 Å². The van der Waals surface area contributed by atoms with Crippen molar-refractivity contribution in [3.05, 3.63) is 59.4 Å². The highest BCUT2D eigenvalue weighted by atomic mass is 19.1. The zero-order valence-corrected chi connectivity index (χ0v) is 10.6. The maximum Gasteiger partial charge on any atom is 0.255 e. The first-order valence-electron chi connectivity index (χ1n) is 6.16. The molecule has 20 heavy (non-hydrogen) atoms. The summed E-state index contributed by atoms with van der Waals surface area (Å²) in [4.78, 5) is 12.1. The van der Waals surface area contributed by atoms with Gasteiger partial charge in [-0.2, -0.15) is 0 Å². The molecule has 0 fully saturated rings. The fourth-order valence-electron chi connectivity index (χ4n) is 2.02. The molecule has 0 saturated carbocycles. The maximum absolute atomic E-state index is 13.5. The minimum absolute atomic E-state index is 0.104. The lowest BCUT2D eigenvalue weighted by Gasteiger charge is -2.08. The number of nitrogens with one attached hydrogen (secondary N) is 1. The third-order valence-corrected chi connectivity index (χ3v) is 3.04. The molecule has 2 aromatic rings. The number of ether oxygens (including phenoxy) is 2. The van der Waals surface area contributed by atoms with Gasteiger partial charge in [-0.25, -0.2) is 4.39 Å². The fraction of sp³-hybridized carbons (Fsp3) is 0.133. The summed E-state index contributed by atoms with van der Waals surface area (Å²) in [7, 11) is 0. The Morgan fingerprint density at radius 3 is 2.85 bits per heavy atom. The molecule has 1 N–H and O–H groups in total. The van der Waals surface area contributed by atoms with Gasteiger partial charge >= 0.3 is 0 Å². The molecule has 5 heteroatoms. The lowest BCUT2D eigenvalue weighted by Crippen LogP contribution is -2.23. The quantitative estimate of drug-likeness (QED) is 0.934. The van der Waals surface area contributed by atoms with Gasteiger partial charge in [0.2, 0.25) is 6.79 Å². The highest BCUT2D eigenvalue weighted by molar-refractivity contribution is 5.97. The molecule has 0 bridgehead atoms. The Kier molecular flexibility index (Phi) is 3.25. The molecule has 1 aliphatic heterocycles. The average Bonchev–Trinajstić information content (AvgIpc) is 2.94. The van der Waals surface area contributed by atoms with E-state index in [1.807, 2.05) is 0 Å². The molecule has 1 amide bonds. The molecule has 2 aromatic carbocycles. The van der Waals surface area contributed by atoms with Crippen LogP contribution >= 0.6 is 0 Å². The Morgan fingerprint density at radius 2 is 2.00 bits per heavy atom. The third-order valence-electron chi connectivity index (χ3n) is 3.04. The summed E-state index contributed by atoms with van der Waals surface area (Å²) >= 11 is 0. The number of para-hydroxylation sites is 1. The standard InChI is InChI=1S/C15H12FNO3/c16-12-6-2-1-4-10(12)8-17-15(18)11-5-3-7-13-14(11)20-9-19-13/h1-7H,8-9H2,(H,17,18). The van der Waals surface area contributed by atoms with Crippen molar-refractivity contribution in [2.45, 2.75) is 6.54 Å². The van der Waals surface area contributed by atoms with Crippen molar-refractivity contribution in [2.24, 2.45) is 0 Å². The number of rotatable bonds is 3. The summed E-state index contributed by atoms with van der Waals surface area (Å²) in [6, 6.07) is 11.4. The number of fused-ring (bicyclic) bond motifs is 1. The molecule has 3 rings (SSSR count). The van der Waals surface area contributed by atoms with Gasteiger partial charge in [0.05, 0.1) is 5.56 Å². The average molecular weight is 273 g/mol. The predicted molar refractivity (Wildman–Crippen MR) is 70.1 cm³/mol. The van der Waals surface area contributed by atoms with Crippen LogP contribution in [0.5, 0.6) is 11.5 Å². The zero-order chi connectivity index (χ0) is 13.9. The Labute approximate surface area is 115 Å². The predicted octanol–water partition coefficient (Wildman–Crippen LogP) is 2.48. The number of halogens is 1. The number of hydrogen-bond donors (Lipinski definition) is 1. The maximum atomic E-state index is 13.5. The number of carbonyl (C=O) groups is 1. The molecule has 0 aromatic heterocycles. The van der Waals surface area contributed by atoms with Crippen LogP contribution in [0, 0.1) is 5.82 Å². The molecular weight excluding hydrogens is 261 g/mol. The molecule has 0 unspecified atom stereocenters. The normalized spacial score (nSPS) is 12.2. The van der Waals surface area contributed by atoms with Crippen molar-refractivity contribution in [3.8, 4) is 11.5 Å². The van der Waals surface area contributed by atoms with Crippen LogP contribution in [0.4, 0.5) is 4.39 Å². The molecule has 102 valence electrons. The van der Waals surface area contributed by atoms with Crippen molar-refractivity contribution >= 4 is 5.91 Å². The van der Waals surface area contributed by atoms with Crippen LogP contribution in [0.1, 0.15) is 15.9 Å². The Morgan fingerprint density at radius 1 is 1.15 bits per heavy atom. The molecule has 4 nitrogen and oxygen atoms in total. The van der Waals surface area contributed by atoms with E-state index < -0.39 is 0 Å². The highest BCUT2D eigenvalue weighted by Crippen LogP contribution is 2.35. The first kappa shape index (κ1) is 12.5. The van der Waals surface area contributed by atoms with E-state index in [1.165, 1.54) is 6.07 Å². The minimum atomic E-state index is -0.342. The second-order valence-corrected chi connectivity index (χ2v) is 4.31. The Bertz CT molecular complexity index is 657. The van der Waals surface area contributed by atoms with Gasteiger partial charge in [0.1, 0.15) is 5.82 Å². The van der Waals surface area contributed by atoms with E-state index >= 15 is 0 Å². The summed E-state index contributed by atoms with van der Waals surface area (Å²) in [5.74, 6) is 0.309. The molecule has 0 radical (unpaired) electrons. The SMILES string of the molecule is O=C(NCc1ccccc1F)c1cccc2c1OCO2. The first-order valence-corrected chi connectivity index (χ1v) is 6.16. The van der Waals surface area contributed by atoms with Crippen LogP contribution in [-0.4, -0.2) is 12.7 Å². The van der Waals surface area contributed by atoms with Crippen LogP contribution < -0.4 is 14.8 Å². The van der Waals surface area contributed by atoms with Gasteiger partial charge in [-0.15, -0.1) is 0 Å². The number of hydrogen-bond acceptors (Lipinski definition) is 3.